The molecule has 0 spiro atoms. The highest BCUT2D eigenvalue weighted by molar-refractivity contribution is 7.89. The average Bonchev–Trinajstić information content (AvgIpc) is 2.80. The lowest BCUT2D eigenvalue weighted by Gasteiger charge is -2.46. The van der Waals surface area contributed by atoms with Gasteiger partial charge in [-0.1, -0.05) is 30.3 Å². The normalized spacial score (nSPS) is 21.1. The predicted molar refractivity (Wildman–Crippen MR) is 127 cm³/mol. The van der Waals surface area contributed by atoms with Crippen LogP contribution in [0, 0.1) is 10.1 Å². The summed E-state index contributed by atoms with van der Waals surface area (Å²) in [6.07, 6.45) is 3.12. The molecular formula is C22H28N4O6S2. The molecule has 0 radical (unpaired) electrons. The molecule has 2 aromatic carbocycles. The number of fused-ring (bicyclic) bond motifs is 3. The predicted octanol–water partition coefficient (Wildman–Crippen LogP) is 1.90. The van der Waals surface area contributed by atoms with E-state index in [-0.39, 0.29) is 35.8 Å². The van der Waals surface area contributed by atoms with Crippen molar-refractivity contribution in [2.24, 2.45) is 0 Å². The van der Waals surface area contributed by atoms with Crippen LogP contribution in [0.3, 0.4) is 0 Å². The molecule has 34 heavy (non-hydrogen) atoms. The van der Waals surface area contributed by atoms with Crippen molar-refractivity contribution in [3.8, 4) is 0 Å². The molecule has 2 heterocycles. The molecule has 0 bridgehead atoms. The molecule has 12 heteroatoms. The summed E-state index contributed by atoms with van der Waals surface area (Å²) < 4.78 is 54.2. The first-order valence-electron chi connectivity index (χ1n) is 11.1. The first-order chi connectivity index (χ1) is 16.1. The van der Waals surface area contributed by atoms with E-state index in [9.17, 15) is 26.9 Å². The second kappa shape index (κ2) is 9.70. The van der Waals surface area contributed by atoms with Crippen LogP contribution in [-0.2, 0) is 26.5 Å². The number of hydrogen-bond donors (Lipinski definition) is 1. The number of nitrogens with zero attached hydrogens (tertiary/aromatic N) is 3. The van der Waals surface area contributed by atoms with Crippen molar-refractivity contribution in [2.45, 2.75) is 36.2 Å². The lowest BCUT2D eigenvalue weighted by molar-refractivity contribution is -0.385. The van der Waals surface area contributed by atoms with Gasteiger partial charge in [-0.15, -0.1) is 0 Å². The molecular weight excluding hydrogens is 480 g/mol. The molecule has 1 fully saturated rings. The molecule has 0 aliphatic carbocycles. The van der Waals surface area contributed by atoms with E-state index in [0.29, 0.717) is 19.4 Å². The molecule has 1 saturated heterocycles. The van der Waals surface area contributed by atoms with Crippen LogP contribution in [0.4, 0.5) is 5.69 Å². The van der Waals surface area contributed by atoms with E-state index >= 15 is 0 Å². The highest BCUT2D eigenvalue weighted by Gasteiger charge is 2.40. The molecule has 1 N–H and O–H groups in total. The quantitative estimate of drug-likeness (QED) is 0.426. The number of sulfonamides is 2. The van der Waals surface area contributed by atoms with E-state index in [1.165, 1.54) is 33.6 Å². The molecule has 2 aliphatic heterocycles. The van der Waals surface area contributed by atoms with Crippen molar-refractivity contribution < 1.29 is 21.8 Å². The standard InChI is InChI=1S/C22H28N4O6S2/c1-33(29,30)23-11-14-25(34(31,32)20-7-4-6-19(15-20)26(27)28)18-10-13-24-12-9-17-5-2-3-8-21(17)22(24)16-18/h2-8,15,18,22-23H,9-14,16H2,1H3/t18-,22+/m1/s1. The van der Waals surface area contributed by atoms with Gasteiger partial charge in [-0.2, -0.15) is 4.31 Å². The molecule has 2 aromatic rings. The van der Waals surface area contributed by atoms with E-state index in [2.05, 4.69) is 21.8 Å². The van der Waals surface area contributed by atoms with E-state index in [4.69, 9.17) is 0 Å². The largest absolute Gasteiger partial charge is 0.296 e. The van der Waals surface area contributed by atoms with E-state index in [1.54, 1.807) is 0 Å². The number of non-ortho nitro benzene ring substituents is 1. The topological polar surface area (TPSA) is 130 Å². The minimum Gasteiger partial charge on any atom is -0.296 e. The Hall–Kier alpha value is -2.38. The summed E-state index contributed by atoms with van der Waals surface area (Å²) >= 11 is 0. The van der Waals surface area contributed by atoms with Crippen LogP contribution in [-0.4, -0.2) is 69.4 Å². The van der Waals surface area contributed by atoms with Crippen molar-refractivity contribution in [2.75, 3.05) is 32.4 Å². The Morgan fingerprint density at radius 2 is 1.88 bits per heavy atom. The zero-order valence-electron chi connectivity index (χ0n) is 18.8. The number of nitrogens with one attached hydrogen (secondary N) is 1. The number of piperidine rings is 1. The van der Waals surface area contributed by atoms with E-state index in [1.807, 2.05) is 12.1 Å². The summed E-state index contributed by atoms with van der Waals surface area (Å²) in [6, 6.07) is 12.8. The van der Waals surface area contributed by atoms with Crippen molar-refractivity contribution in [3.05, 3.63) is 69.8 Å². The molecule has 2 atom stereocenters. The smallest absolute Gasteiger partial charge is 0.270 e. The van der Waals surface area contributed by atoms with Crippen LogP contribution in [0.1, 0.15) is 30.0 Å². The highest BCUT2D eigenvalue weighted by atomic mass is 32.2. The van der Waals surface area contributed by atoms with Gasteiger partial charge in [0.15, 0.2) is 0 Å². The molecule has 4 rings (SSSR count). The third kappa shape index (κ3) is 5.31. The van der Waals surface area contributed by atoms with Gasteiger partial charge in [0.25, 0.3) is 5.69 Å². The van der Waals surface area contributed by atoms with Crippen molar-refractivity contribution in [3.63, 3.8) is 0 Å². The van der Waals surface area contributed by atoms with Crippen LogP contribution >= 0.6 is 0 Å². The molecule has 184 valence electrons. The minimum absolute atomic E-state index is 0.0642. The van der Waals surface area contributed by atoms with E-state index in [0.717, 1.165) is 25.3 Å². The van der Waals surface area contributed by atoms with Gasteiger partial charge in [0, 0.05) is 50.4 Å². The zero-order valence-corrected chi connectivity index (χ0v) is 20.5. The fourth-order valence-electron chi connectivity index (χ4n) is 4.93. The lowest BCUT2D eigenvalue weighted by atomic mass is 9.85. The minimum atomic E-state index is -4.11. The summed E-state index contributed by atoms with van der Waals surface area (Å²) in [4.78, 5) is 12.8. The fourth-order valence-corrected chi connectivity index (χ4v) is 7.10. The molecule has 0 aromatic heterocycles. The van der Waals surface area contributed by atoms with Gasteiger partial charge in [0.05, 0.1) is 16.1 Å². The second-order valence-electron chi connectivity index (χ2n) is 8.72. The number of nitro benzene ring substituents is 1. The monoisotopic (exact) mass is 508 g/mol. The Balaban J connectivity index is 1.66. The first kappa shape index (κ1) is 24.7. The molecule has 0 unspecified atom stereocenters. The molecule has 10 nitrogen and oxygen atoms in total. The maximum atomic E-state index is 13.7. The van der Waals surface area contributed by atoms with Crippen LogP contribution < -0.4 is 4.72 Å². The van der Waals surface area contributed by atoms with Gasteiger partial charge in [0.2, 0.25) is 20.0 Å². The van der Waals surface area contributed by atoms with Gasteiger partial charge in [-0.25, -0.2) is 21.6 Å². The molecule has 0 saturated carbocycles. The second-order valence-corrected chi connectivity index (χ2v) is 12.4. The van der Waals surface area contributed by atoms with Gasteiger partial charge < -0.3 is 0 Å². The maximum absolute atomic E-state index is 13.7. The maximum Gasteiger partial charge on any atom is 0.270 e. The van der Waals surface area contributed by atoms with Gasteiger partial charge >= 0.3 is 0 Å². The van der Waals surface area contributed by atoms with Gasteiger partial charge in [-0.3, -0.25) is 15.0 Å². The third-order valence-corrected chi connectivity index (χ3v) is 9.18. The van der Waals surface area contributed by atoms with Crippen LogP contribution in [0.5, 0.6) is 0 Å². The van der Waals surface area contributed by atoms with Crippen molar-refractivity contribution in [1.29, 1.82) is 0 Å². The number of rotatable bonds is 8. The molecule has 0 amide bonds. The van der Waals surface area contributed by atoms with Crippen LogP contribution in [0.2, 0.25) is 0 Å². The zero-order chi connectivity index (χ0) is 24.5. The number of nitro groups is 1. The SMILES string of the molecule is CS(=O)(=O)NCCN([C@@H]1CCN2CCc3ccccc3[C@@H]2C1)S(=O)(=O)c1cccc([N+](=O)[O-])c1. The van der Waals surface area contributed by atoms with Gasteiger partial charge in [-0.05, 0) is 36.5 Å². The Morgan fingerprint density at radius 1 is 1.12 bits per heavy atom. The first-order valence-corrected chi connectivity index (χ1v) is 14.4. The van der Waals surface area contributed by atoms with Crippen LogP contribution in [0.15, 0.2) is 53.4 Å². The van der Waals surface area contributed by atoms with E-state index < -0.39 is 25.0 Å². The highest BCUT2D eigenvalue weighted by Crippen LogP contribution is 2.39. The Morgan fingerprint density at radius 3 is 2.62 bits per heavy atom. The van der Waals surface area contributed by atoms with Gasteiger partial charge in [0.1, 0.15) is 0 Å². The lowest BCUT2D eigenvalue weighted by Crippen LogP contribution is -2.51. The Kier molecular flexibility index (Phi) is 7.06. The number of hydrogen-bond acceptors (Lipinski definition) is 7. The summed E-state index contributed by atoms with van der Waals surface area (Å²) in [5.74, 6) is 0. The van der Waals surface area contributed by atoms with Crippen molar-refractivity contribution >= 4 is 25.7 Å². The summed E-state index contributed by atoms with van der Waals surface area (Å²) in [7, 11) is -7.62. The molecule has 2 aliphatic rings. The summed E-state index contributed by atoms with van der Waals surface area (Å²) in [6.45, 7) is 1.46. The summed E-state index contributed by atoms with van der Waals surface area (Å²) in [5.41, 5.74) is 2.14. The number of benzene rings is 2. The average molecular weight is 509 g/mol. The summed E-state index contributed by atoms with van der Waals surface area (Å²) in [5, 5.41) is 11.2. The van der Waals surface area contributed by atoms with Crippen molar-refractivity contribution in [1.82, 2.24) is 13.9 Å². The Labute approximate surface area is 199 Å². The van der Waals surface area contributed by atoms with Crippen LogP contribution in [0.25, 0.3) is 0 Å². The fraction of sp³-hybridized carbons (Fsp3) is 0.455. The third-order valence-electron chi connectivity index (χ3n) is 6.51. The Bertz CT molecular complexity index is 1280.